The van der Waals surface area contributed by atoms with Gasteiger partial charge in [0.05, 0.1) is 42.5 Å². The minimum Gasteiger partial charge on any atom is -0.490 e. The summed E-state index contributed by atoms with van der Waals surface area (Å²) in [5.74, 6) is 1.26. The topological polar surface area (TPSA) is 98.4 Å². The van der Waals surface area contributed by atoms with Gasteiger partial charge in [0.1, 0.15) is 29.5 Å². The molecule has 3 heterocycles. The molecule has 0 aliphatic carbocycles. The summed E-state index contributed by atoms with van der Waals surface area (Å²) in [4.78, 5) is 25.3. The number of anilines is 2. The van der Waals surface area contributed by atoms with Gasteiger partial charge in [0.15, 0.2) is 12.8 Å². The lowest BCUT2D eigenvalue weighted by atomic mass is 10.1. The standard InChI is InChI=1S/C34H38FN8O3.C4H10/c1-7-38-43-14-12-25(20-24(43)3)46-30-21-26(35)28(19-23(30)2)39-34-32-27(36-22-37-34)10-11-29(33(32)45-6)41-15-17-42(18-16-41)31(44)9-8-13-40(4)5;1-3-4-2/h7-12,14-15,19-22H,3,13,16-18H2,1-2,4-6H3,(H,36,37,39);3-4H2,1-2H3/q+1;/b9-8+,38-7-;. The number of hydrazone groups is 1. The maximum absolute atomic E-state index is 15.5. The minimum absolute atomic E-state index is 0.0254. The average Bonchev–Trinajstić information content (AvgIpc) is 3.11. The molecule has 2 aromatic carbocycles. The van der Waals surface area contributed by atoms with Crippen LogP contribution in [-0.4, -0.2) is 95.1 Å². The van der Waals surface area contributed by atoms with Crippen molar-refractivity contribution in [1.29, 1.82) is 0 Å². The Bertz CT molecular complexity index is 1850. The van der Waals surface area contributed by atoms with Gasteiger partial charge in [0.2, 0.25) is 17.3 Å². The van der Waals surface area contributed by atoms with Gasteiger partial charge in [-0.3, -0.25) is 4.79 Å². The van der Waals surface area contributed by atoms with Gasteiger partial charge < -0.3 is 24.6 Å². The van der Waals surface area contributed by atoms with Gasteiger partial charge in [0, 0.05) is 43.2 Å². The highest BCUT2D eigenvalue weighted by molar-refractivity contribution is 5.99. The van der Waals surface area contributed by atoms with E-state index in [1.54, 1.807) is 53.7 Å². The Hall–Kier alpha value is -5.36. The van der Waals surface area contributed by atoms with Crippen molar-refractivity contribution in [3.8, 4) is 11.5 Å². The van der Waals surface area contributed by atoms with E-state index in [9.17, 15) is 4.79 Å². The fourth-order valence-corrected chi connectivity index (χ4v) is 5.08. The van der Waals surface area contributed by atoms with Crippen molar-refractivity contribution < 1.29 is 23.2 Å². The van der Waals surface area contributed by atoms with E-state index in [0.29, 0.717) is 71.4 Å². The number of rotatable bonds is 11. The molecule has 1 amide bonds. The van der Waals surface area contributed by atoms with E-state index in [-0.39, 0.29) is 11.6 Å². The number of nitrogens with zero attached hydrogens (tertiary/aromatic N) is 7. The van der Waals surface area contributed by atoms with Crippen molar-refractivity contribution in [3.63, 3.8) is 0 Å². The first kappa shape index (κ1) is 37.5. The third-order valence-electron chi connectivity index (χ3n) is 7.89. The van der Waals surface area contributed by atoms with Crippen molar-refractivity contribution in [2.45, 2.75) is 40.5 Å². The second-order valence-electron chi connectivity index (χ2n) is 12.0. The molecule has 2 aliphatic rings. The monoisotopic (exact) mass is 683 g/mol. The van der Waals surface area contributed by atoms with E-state index in [1.165, 1.54) is 25.2 Å². The summed E-state index contributed by atoms with van der Waals surface area (Å²) in [5, 5.41) is 9.56. The van der Waals surface area contributed by atoms with Crippen LogP contribution in [0.1, 0.15) is 39.2 Å². The Balaban J connectivity index is 0.00000133. The zero-order chi connectivity index (χ0) is 36.2. The number of amides is 1. The molecule has 1 aromatic heterocycles. The number of aromatic nitrogens is 2. The zero-order valence-electron chi connectivity index (χ0n) is 30.1. The number of unbranched alkanes of at least 4 members (excludes halogenated alkanes) is 1. The number of methoxy groups -OCH3 is 1. The predicted molar refractivity (Wildman–Crippen MR) is 199 cm³/mol. The summed E-state index contributed by atoms with van der Waals surface area (Å²) in [6, 6.07) is 6.81. The lowest BCUT2D eigenvalue weighted by molar-refractivity contribution is -0.442. The van der Waals surface area contributed by atoms with Crippen molar-refractivity contribution in [2.24, 2.45) is 5.10 Å². The summed E-state index contributed by atoms with van der Waals surface area (Å²) >= 11 is 0. The Kier molecular flexibility index (Phi) is 13.4. The number of likely N-dealkylation sites (N-methyl/N-ethyl adjacent to an activating group) is 1. The lowest BCUT2D eigenvalue weighted by Gasteiger charge is -2.22. The molecule has 0 spiro atoms. The third kappa shape index (κ3) is 9.41. The number of ether oxygens (including phenoxy) is 2. The van der Waals surface area contributed by atoms with Crippen LogP contribution in [0.5, 0.6) is 11.5 Å². The van der Waals surface area contributed by atoms with Crippen LogP contribution in [0, 0.1) is 12.7 Å². The molecule has 5 rings (SSSR count). The van der Waals surface area contributed by atoms with Gasteiger partial charge in [-0.2, -0.15) is 9.68 Å². The number of carbonyl (C=O) groups excluding carboxylic acids is 1. The van der Waals surface area contributed by atoms with Crippen LogP contribution in [0.15, 0.2) is 84.2 Å². The van der Waals surface area contributed by atoms with Crippen molar-refractivity contribution >= 4 is 46.4 Å². The molecule has 12 heteroatoms. The fourth-order valence-electron chi connectivity index (χ4n) is 5.08. The number of hydrogen-bond acceptors (Lipinski definition) is 9. The Morgan fingerprint density at radius 2 is 2.00 bits per heavy atom. The SMILES string of the molecule is C=C1C=C(Oc2cc(F)c(Nc3ncnc4ccc([N+]5=CCN(C(=O)/C=C/CN(C)C)CC5)c(OC)c34)cc2C)C=CN1/N=C\C.CCCC. The first-order valence-corrected chi connectivity index (χ1v) is 16.7. The number of fused-ring (bicyclic) bond motifs is 1. The number of halogens is 1. The Morgan fingerprint density at radius 1 is 1.22 bits per heavy atom. The van der Waals surface area contributed by atoms with Gasteiger partial charge in [-0.15, -0.1) is 0 Å². The average molecular weight is 684 g/mol. The van der Waals surface area contributed by atoms with Crippen molar-refractivity contribution in [2.75, 3.05) is 52.7 Å². The maximum atomic E-state index is 15.5. The highest BCUT2D eigenvalue weighted by atomic mass is 19.1. The summed E-state index contributed by atoms with van der Waals surface area (Å²) in [7, 11) is 5.49. The largest absolute Gasteiger partial charge is 0.490 e. The number of aryl methyl sites for hydroxylation is 1. The number of benzene rings is 2. The molecule has 0 bridgehead atoms. The quantitative estimate of drug-likeness (QED) is 0.132. The van der Waals surface area contributed by atoms with Gasteiger partial charge in [-0.25, -0.2) is 19.4 Å². The molecule has 3 aromatic rings. The molecule has 0 atom stereocenters. The van der Waals surface area contributed by atoms with Gasteiger partial charge in [0.25, 0.3) is 0 Å². The molecule has 1 N–H and O–H groups in total. The normalized spacial score (nSPS) is 14.6. The minimum atomic E-state index is -0.521. The third-order valence-corrected chi connectivity index (χ3v) is 7.89. The Morgan fingerprint density at radius 3 is 2.64 bits per heavy atom. The molecule has 0 saturated carbocycles. The molecular formula is C38H48FN8O3+. The van der Waals surface area contributed by atoms with Crippen LogP contribution in [0.3, 0.4) is 0 Å². The number of allylic oxidation sites excluding steroid dienone is 2. The molecule has 264 valence electrons. The molecule has 0 unspecified atom stereocenters. The lowest BCUT2D eigenvalue weighted by Crippen LogP contribution is -2.41. The van der Waals surface area contributed by atoms with E-state index in [4.69, 9.17) is 9.47 Å². The number of carbonyl (C=O) groups is 1. The summed E-state index contributed by atoms with van der Waals surface area (Å²) in [6.07, 6.45) is 16.4. The van der Waals surface area contributed by atoms with Crippen LogP contribution < -0.4 is 14.8 Å². The van der Waals surface area contributed by atoms with Crippen LogP contribution in [0.4, 0.5) is 21.6 Å². The first-order valence-electron chi connectivity index (χ1n) is 16.7. The predicted octanol–water partition coefficient (Wildman–Crippen LogP) is 6.92. The fraction of sp³-hybridized carbons (Fsp3) is 0.342. The molecule has 2 aliphatic heterocycles. The molecule has 11 nitrogen and oxygen atoms in total. The van der Waals surface area contributed by atoms with Crippen LogP contribution in [-0.2, 0) is 4.79 Å². The van der Waals surface area contributed by atoms with E-state index in [1.807, 2.05) is 57.3 Å². The number of nitrogens with one attached hydrogen (secondary N) is 1. The summed E-state index contributed by atoms with van der Waals surface area (Å²) in [5.41, 5.74) is 2.98. The van der Waals surface area contributed by atoms with E-state index in [2.05, 4.69) is 45.4 Å². The van der Waals surface area contributed by atoms with Crippen LogP contribution >= 0.6 is 0 Å². The van der Waals surface area contributed by atoms with E-state index in [0.717, 1.165) is 5.69 Å². The first-order chi connectivity index (χ1) is 24.1. The highest BCUT2D eigenvalue weighted by Gasteiger charge is 2.27. The molecule has 0 radical (unpaired) electrons. The van der Waals surface area contributed by atoms with E-state index >= 15 is 4.39 Å². The van der Waals surface area contributed by atoms with Gasteiger partial charge in [-0.05, 0) is 51.7 Å². The van der Waals surface area contributed by atoms with Crippen molar-refractivity contribution in [1.82, 2.24) is 24.8 Å². The second-order valence-corrected chi connectivity index (χ2v) is 12.0. The molecule has 0 fully saturated rings. The second kappa shape index (κ2) is 17.9. The van der Waals surface area contributed by atoms with E-state index < -0.39 is 5.82 Å². The Labute approximate surface area is 294 Å². The van der Waals surface area contributed by atoms with Crippen LogP contribution in [0.2, 0.25) is 0 Å². The summed E-state index contributed by atoms with van der Waals surface area (Å²) in [6.45, 7) is 14.3. The molecule has 50 heavy (non-hydrogen) atoms. The maximum Gasteiger partial charge on any atom is 0.248 e. The van der Waals surface area contributed by atoms with Gasteiger partial charge in [-0.1, -0.05) is 39.3 Å². The zero-order valence-corrected chi connectivity index (χ0v) is 30.1. The van der Waals surface area contributed by atoms with Crippen molar-refractivity contribution in [3.05, 3.63) is 90.5 Å². The van der Waals surface area contributed by atoms with Gasteiger partial charge >= 0.3 is 0 Å². The van der Waals surface area contributed by atoms with Crippen LogP contribution in [0.25, 0.3) is 10.9 Å². The molecular weight excluding hydrogens is 635 g/mol. The number of hydrogen-bond donors (Lipinski definition) is 1. The summed E-state index contributed by atoms with van der Waals surface area (Å²) < 4.78 is 29.5. The highest BCUT2D eigenvalue weighted by Crippen LogP contribution is 2.40. The molecule has 0 saturated heterocycles. The smallest absolute Gasteiger partial charge is 0.248 e.